The van der Waals surface area contributed by atoms with E-state index in [4.69, 9.17) is 11.6 Å². The van der Waals surface area contributed by atoms with Gasteiger partial charge in [-0.2, -0.15) is 0 Å². The Morgan fingerprint density at radius 2 is 2.15 bits per heavy atom. The molecule has 0 saturated heterocycles. The standard InChI is InChI=1S/C15H17ClN2OS/c1-3-17-13-5-4-11(16)8-12(13)15(19)18-9-14-10(2)6-7-20-14/h4-8,17H,3,9H2,1-2H3,(H,18,19). The van der Waals surface area contributed by atoms with Gasteiger partial charge in [0.05, 0.1) is 12.1 Å². The monoisotopic (exact) mass is 308 g/mol. The summed E-state index contributed by atoms with van der Waals surface area (Å²) < 4.78 is 0. The fourth-order valence-electron chi connectivity index (χ4n) is 1.89. The maximum atomic E-state index is 12.3. The minimum atomic E-state index is -0.115. The summed E-state index contributed by atoms with van der Waals surface area (Å²) in [5.74, 6) is -0.115. The number of hydrogen-bond donors (Lipinski definition) is 2. The van der Waals surface area contributed by atoms with Crippen molar-refractivity contribution in [3.05, 3.63) is 50.7 Å². The van der Waals surface area contributed by atoms with Crippen molar-refractivity contribution in [2.24, 2.45) is 0 Å². The molecule has 1 heterocycles. The third-order valence-corrected chi connectivity index (χ3v) is 4.23. The summed E-state index contributed by atoms with van der Waals surface area (Å²) in [6.07, 6.45) is 0. The Labute approximate surface area is 128 Å². The molecule has 0 radical (unpaired) electrons. The normalized spacial score (nSPS) is 10.3. The van der Waals surface area contributed by atoms with Crippen molar-refractivity contribution < 1.29 is 4.79 Å². The zero-order valence-corrected chi connectivity index (χ0v) is 13.1. The lowest BCUT2D eigenvalue weighted by Gasteiger charge is -2.11. The number of nitrogens with one attached hydrogen (secondary N) is 2. The summed E-state index contributed by atoms with van der Waals surface area (Å²) in [7, 11) is 0. The van der Waals surface area contributed by atoms with Crippen LogP contribution in [-0.4, -0.2) is 12.5 Å². The molecule has 0 atom stereocenters. The molecule has 0 fully saturated rings. The van der Waals surface area contributed by atoms with E-state index >= 15 is 0 Å². The number of halogens is 1. The van der Waals surface area contributed by atoms with Gasteiger partial charge in [-0.05, 0) is 49.1 Å². The van der Waals surface area contributed by atoms with Gasteiger partial charge in [0.1, 0.15) is 0 Å². The van der Waals surface area contributed by atoms with Crippen molar-refractivity contribution in [2.45, 2.75) is 20.4 Å². The van der Waals surface area contributed by atoms with Gasteiger partial charge in [0.15, 0.2) is 0 Å². The van der Waals surface area contributed by atoms with Gasteiger partial charge in [-0.1, -0.05) is 11.6 Å². The van der Waals surface area contributed by atoms with E-state index in [1.54, 1.807) is 23.5 Å². The molecule has 0 unspecified atom stereocenters. The third-order valence-electron chi connectivity index (χ3n) is 2.97. The predicted molar refractivity (Wildman–Crippen MR) is 85.8 cm³/mol. The van der Waals surface area contributed by atoms with E-state index in [9.17, 15) is 4.79 Å². The van der Waals surface area contributed by atoms with Crippen LogP contribution in [0.15, 0.2) is 29.6 Å². The number of anilines is 1. The lowest BCUT2D eigenvalue weighted by atomic mass is 10.1. The van der Waals surface area contributed by atoms with Crippen molar-refractivity contribution in [1.29, 1.82) is 0 Å². The molecule has 106 valence electrons. The van der Waals surface area contributed by atoms with E-state index < -0.39 is 0 Å². The van der Waals surface area contributed by atoms with Gasteiger partial charge in [-0.3, -0.25) is 4.79 Å². The summed E-state index contributed by atoms with van der Waals surface area (Å²) >= 11 is 7.63. The molecule has 1 aromatic carbocycles. The molecule has 0 aliphatic carbocycles. The minimum absolute atomic E-state index is 0.115. The molecular formula is C15H17ClN2OS. The third kappa shape index (κ3) is 3.52. The van der Waals surface area contributed by atoms with Crippen LogP contribution < -0.4 is 10.6 Å². The number of benzene rings is 1. The number of hydrogen-bond acceptors (Lipinski definition) is 3. The van der Waals surface area contributed by atoms with Gasteiger partial charge >= 0.3 is 0 Å². The SMILES string of the molecule is CCNc1ccc(Cl)cc1C(=O)NCc1sccc1C. The highest BCUT2D eigenvalue weighted by molar-refractivity contribution is 7.10. The van der Waals surface area contributed by atoms with E-state index in [1.807, 2.05) is 25.3 Å². The minimum Gasteiger partial charge on any atom is -0.385 e. The Hall–Kier alpha value is -1.52. The largest absolute Gasteiger partial charge is 0.385 e. The van der Waals surface area contributed by atoms with Gasteiger partial charge in [-0.25, -0.2) is 0 Å². The van der Waals surface area contributed by atoms with Crippen LogP contribution in [0.5, 0.6) is 0 Å². The second kappa shape index (κ2) is 6.77. The number of aryl methyl sites for hydroxylation is 1. The van der Waals surface area contributed by atoms with Gasteiger partial charge in [-0.15, -0.1) is 11.3 Å². The second-order valence-corrected chi connectivity index (χ2v) is 5.87. The van der Waals surface area contributed by atoms with Gasteiger partial charge < -0.3 is 10.6 Å². The highest BCUT2D eigenvalue weighted by Gasteiger charge is 2.12. The Kier molecular flexibility index (Phi) is 5.04. The summed E-state index contributed by atoms with van der Waals surface area (Å²) in [5.41, 5.74) is 2.58. The average Bonchev–Trinajstić information content (AvgIpc) is 2.84. The molecule has 2 aromatic rings. The van der Waals surface area contributed by atoms with Gasteiger partial charge in [0, 0.05) is 22.1 Å². The molecule has 1 aromatic heterocycles. The first-order chi connectivity index (χ1) is 9.61. The molecule has 5 heteroatoms. The number of carbonyl (C=O) groups is 1. The first-order valence-electron chi connectivity index (χ1n) is 6.46. The molecule has 1 amide bonds. The second-order valence-electron chi connectivity index (χ2n) is 4.43. The quantitative estimate of drug-likeness (QED) is 0.874. The van der Waals surface area contributed by atoms with Crippen LogP contribution in [0.2, 0.25) is 5.02 Å². The fourth-order valence-corrected chi connectivity index (χ4v) is 2.91. The van der Waals surface area contributed by atoms with Crippen LogP contribution in [0.4, 0.5) is 5.69 Å². The molecule has 0 spiro atoms. The average molecular weight is 309 g/mol. The van der Waals surface area contributed by atoms with Crippen molar-refractivity contribution in [1.82, 2.24) is 5.32 Å². The van der Waals surface area contributed by atoms with Crippen molar-refractivity contribution in [2.75, 3.05) is 11.9 Å². The van der Waals surface area contributed by atoms with Crippen molar-refractivity contribution in [3.63, 3.8) is 0 Å². The molecular weight excluding hydrogens is 292 g/mol. The molecule has 0 saturated carbocycles. The molecule has 2 rings (SSSR count). The summed E-state index contributed by atoms with van der Waals surface area (Å²) in [6, 6.07) is 7.35. The number of carbonyl (C=O) groups excluding carboxylic acids is 1. The van der Waals surface area contributed by atoms with Crippen LogP contribution in [0.25, 0.3) is 0 Å². The van der Waals surface area contributed by atoms with Crippen LogP contribution in [0.1, 0.15) is 27.7 Å². The van der Waals surface area contributed by atoms with Crippen LogP contribution in [0, 0.1) is 6.92 Å². The van der Waals surface area contributed by atoms with Crippen LogP contribution >= 0.6 is 22.9 Å². The first kappa shape index (κ1) is 14.9. The van der Waals surface area contributed by atoms with Crippen molar-refractivity contribution in [3.8, 4) is 0 Å². The van der Waals surface area contributed by atoms with E-state index in [2.05, 4.69) is 16.7 Å². The van der Waals surface area contributed by atoms with E-state index in [0.29, 0.717) is 17.1 Å². The first-order valence-corrected chi connectivity index (χ1v) is 7.72. The molecule has 3 nitrogen and oxygen atoms in total. The number of amides is 1. The zero-order valence-electron chi connectivity index (χ0n) is 11.5. The lowest BCUT2D eigenvalue weighted by Crippen LogP contribution is -2.23. The molecule has 0 bridgehead atoms. The maximum absolute atomic E-state index is 12.3. The van der Waals surface area contributed by atoms with Crippen molar-refractivity contribution >= 4 is 34.5 Å². The Balaban J connectivity index is 2.12. The Morgan fingerprint density at radius 3 is 2.80 bits per heavy atom. The zero-order chi connectivity index (χ0) is 14.5. The molecule has 20 heavy (non-hydrogen) atoms. The maximum Gasteiger partial charge on any atom is 0.253 e. The fraction of sp³-hybridized carbons (Fsp3) is 0.267. The lowest BCUT2D eigenvalue weighted by molar-refractivity contribution is 0.0952. The Bertz CT molecular complexity index is 610. The van der Waals surface area contributed by atoms with Crippen LogP contribution in [-0.2, 0) is 6.54 Å². The highest BCUT2D eigenvalue weighted by Crippen LogP contribution is 2.21. The molecule has 2 N–H and O–H groups in total. The number of thiophene rings is 1. The highest BCUT2D eigenvalue weighted by atomic mass is 35.5. The van der Waals surface area contributed by atoms with E-state index in [0.717, 1.165) is 12.2 Å². The van der Waals surface area contributed by atoms with E-state index in [1.165, 1.54) is 10.4 Å². The van der Waals surface area contributed by atoms with Crippen LogP contribution in [0.3, 0.4) is 0 Å². The summed E-state index contributed by atoms with van der Waals surface area (Å²) in [6.45, 7) is 5.33. The Morgan fingerprint density at radius 1 is 1.35 bits per heavy atom. The van der Waals surface area contributed by atoms with Gasteiger partial charge in [0.25, 0.3) is 5.91 Å². The predicted octanol–water partition coefficient (Wildman–Crippen LogP) is 4.07. The van der Waals surface area contributed by atoms with Gasteiger partial charge in [0.2, 0.25) is 0 Å². The molecule has 0 aliphatic heterocycles. The number of rotatable bonds is 5. The summed E-state index contributed by atoms with van der Waals surface area (Å²) in [5, 5.41) is 8.70. The topological polar surface area (TPSA) is 41.1 Å². The molecule has 0 aliphatic rings. The smallest absolute Gasteiger partial charge is 0.253 e. The summed E-state index contributed by atoms with van der Waals surface area (Å²) in [4.78, 5) is 13.5. The van der Waals surface area contributed by atoms with E-state index in [-0.39, 0.29) is 5.91 Å².